The SMILES string of the molecule is CC1=CCC=C(C(=O)O)C1. The Morgan fingerprint density at radius 3 is 2.70 bits per heavy atom. The molecule has 2 heteroatoms. The van der Waals surface area contributed by atoms with E-state index in [9.17, 15) is 4.79 Å². The largest absolute Gasteiger partial charge is 0.478 e. The summed E-state index contributed by atoms with van der Waals surface area (Å²) in [6.07, 6.45) is 5.19. The van der Waals surface area contributed by atoms with Gasteiger partial charge in [0.05, 0.1) is 0 Å². The van der Waals surface area contributed by atoms with Crippen molar-refractivity contribution in [2.75, 3.05) is 0 Å². The van der Waals surface area contributed by atoms with E-state index in [0.29, 0.717) is 12.0 Å². The van der Waals surface area contributed by atoms with Gasteiger partial charge in [-0.15, -0.1) is 0 Å². The number of carbonyl (C=O) groups is 1. The molecule has 0 aromatic rings. The van der Waals surface area contributed by atoms with Crippen LogP contribution in [0.1, 0.15) is 19.8 Å². The Labute approximate surface area is 59.9 Å². The molecule has 1 rings (SSSR count). The second kappa shape index (κ2) is 2.69. The minimum Gasteiger partial charge on any atom is -0.478 e. The van der Waals surface area contributed by atoms with Crippen molar-refractivity contribution in [1.82, 2.24) is 0 Å². The van der Waals surface area contributed by atoms with E-state index in [0.717, 1.165) is 12.0 Å². The van der Waals surface area contributed by atoms with Crippen LogP contribution in [0.2, 0.25) is 0 Å². The number of allylic oxidation sites excluding steroid dienone is 3. The summed E-state index contributed by atoms with van der Waals surface area (Å²) >= 11 is 0. The topological polar surface area (TPSA) is 37.3 Å². The van der Waals surface area contributed by atoms with Gasteiger partial charge in [0.1, 0.15) is 0 Å². The van der Waals surface area contributed by atoms with E-state index in [2.05, 4.69) is 0 Å². The fourth-order valence-electron chi connectivity index (χ4n) is 1.01. The predicted octanol–water partition coefficient (Wildman–Crippen LogP) is 1.74. The first-order chi connectivity index (χ1) is 4.70. The van der Waals surface area contributed by atoms with Crippen LogP contribution in [0.5, 0.6) is 0 Å². The third-order valence-electron chi connectivity index (χ3n) is 1.57. The van der Waals surface area contributed by atoms with Crippen molar-refractivity contribution in [1.29, 1.82) is 0 Å². The van der Waals surface area contributed by atoms with Crippen molar-refractivity contribution >= 4 is 5.97 Å². The Bertz CT molecular complexity index is 211. The lowest BCUT2D eigenvalue weighted by Crippen LogP contribution is -2.03. The maximum absolute atomic E-state index is 10.4. The molecule has 0 radical (unpaired) electrons. The van der Waals surface area contributed by atoms with Gasteiger partial charge >= 0.3 is 5.97 Å². The van der Waals surface area contributed by atoms with E-state index in [1.807, 2.05) is 13.0 Å². The van der Waals surface area contributed by atoms with Crippen LogP contribution in [0.25, 0.3) is 0 Å². The van der Waals surface area contributed by atoms with Gasteiger partial charge in [-0.2, -0.15) is 0 Å². The van der Waals surface area contributed by atoms with Crippen molar-refractivity contribution in [2.24, 2.45) is 0 Å². The zero-order chi connectivity index (χ0) is 7.56. The molecule has 10 heavy (non-hydrogen) atoms. The van der Waals surface area contributed by atoms with Crippen molar-refractivity contribution in [2.45, 2.75) is 19.8 Å². The number of carboxylic acids is 1. The fourth-order valence-corrected chi connectivity index (χ4v) is 1.01. The molecule has 0 atom stereocenters. The highest BCUT2D eigenvalue weighted by atomic mass is 16.4. The van der Waals surface area contributed by atoms with Gasteiger partial charge in [-0.3, -0.25) is 0 Å². The van der Waals surface area contributed by atoms with Crippen molar-refractivity contribution < 1.29 is 9.90 Å². The van der Waals surface area contributed by atoms with Gasteiger partial charge in [-0.1, -0.05) is 17.7 Å². The monoisotopic (exact) mass is 138 g/mol. The van der Waals surface area contributed by atoms with Gasteiger partial charge in [0.15, 0.2) is 0 Å². The average Bonchev–Trinajstić information content (AvgIpc) is 1.88. The molecule has 2 nitrogen and oxygen atoms in total. The van der Waals surface area contributed by atoms with Crippen LogP contribution < -0.4 is 0 Å². The molecule has 1 N–H and O–H groups in total. The maximum Gasteiger partial charge on any atom is 0.331 e. The lowest BCUT2D eigenvalue weighted by atomic mass is 10.00. The van der Waals surface area contributed by atoms with E-state index < -0.39 is 5.97 Å². The highest BCUT2D eigenvalue weighted by molar-refractivity contribution is 5.87. The van der Waals surface area contributed by atoms with E-state index in [-0.39, 0.29) is 0 Å². The molecule has 1 aliphatic rings. The van der Waals surface area contributed by atoms with E-state index in [1.165, 1.54) is 0 Å². The molecular formula is C8H10O2. The van der Waals surface area contributed by atoms with Gasteiger partial charge in [-0.25, -0.2) is 4.79 Å². The van der Waals surface area contributed by atoms with Crippen LogP contribution in [-0.4, -0.2) is 11.1 Å². The molecule has 0 heterocycles. The number of carboxylic acid groups (broad SMARTS) is 1. The Hall–Kier alpha value is -1.05. The van der Waals surface area contributed by atoms with Crippen LogP contribution >= 0.6 is 0 Å². The van der Waals surface area contributed by atoms with Crippen LogP contribution in [0.4, 0.5) is 0 Å². The Balaban J connectivity index is 2.66. The first-order valence-electron chi connectivity index (χ1n) is 3.28. The summed E-state index contributed by atoms with van der Waals surface area (Å²) in [6.45, 7) is 1.95. The zero-order valence-electron chi connectivity index (χ0n) is 5.92. The molecule has 1 aliphatic carbocycles. The minimum absolute atomic E-state index is 0.528. The summed E-state index contributed by atoms with van der Waals surface area (Å²) in [5.74, 6) is -0.785. The Morgan fingerprint density at radius 1 is 1.60 bits per heavy atom. The van der Waals surface area contributed by atoms with Crippen molar-refractivity contribution in [3.05, 3.63) is 23.3 Å². The molecule has 0 amide bonds. The second-order valence-electron chi connectivity index (χ2n) is 2.50. The van der Waals surface area contributed by atoms with Crippen molar-refractivity contribution in [3.8, 4) is 0 Å². The van der Waals surface area contributed by atoms with Gasteiger partial charge in [0.2, 0.25) is 0 Å². The molecule has 0 aliphatic heterocycles. The average molecular weight is 138 g/mol. The number of aliphatic carboxylic acids is 1. The highest BCUT2D eigenvalue weighted by Gasteiger charge is 2.09. The van der Waals surface area contributed by atoms with Crippen molar-refractivity contribution in [3.63, 3.8) is 0 Å². The number of hydrogen-bond acceptors (Lipinski definition) is 1. The van der Waals surface area contributed by atoms with Crippen LogP contribution in [0.3, 0.4) is 0 Å². The summed E-state index contributed by atoms with van der Waals surface area (Å²) in [7, 11) is 0. The van der Waals surface area contributed by atoms with Gasteiger partial charge in [0, 0.05) is 5.57 Å². The highest BCUT2D eigenvalue weighted by Crippen LogP contribution is 2.17. The van der Waals surface area contributed by atoms with Gasteiger partial charge in [-0.05, 0) is 19.8 Å². The van der Waals surface area contributed by atoms with Crippen LogP contribution in [0.15, 0.2) is 23.3 Å². The van der Waals surface area contributed by atoms with E-state index in [1.54, 1.807) is 6.08 Å². The molecule has 0 fully saturated rings. The minimum atomic E-state index is -0.785. The summed E-state index contributed by atoms with van der Waals surface area (Å²) < 4.78 is 0. The lowest BCUT2D eigenvalue weighted by molar-refractivity contribution is -0.132. The summed E-state index contributed by atoms with van der Waals surface area (Å²) in [6, 6.07) is 0. The molecule has 0 saturated heterocycles. The van der Waals surface area contributed by atoms with Gasteiger partial charge < -0.3 is 5.11 Å². The summed E-state index contributed by atoms with van der Waals surface area (Å²) in [5, 5.41) is 8.56. The van der Waals surface area contributed by atoms with Crippen LogP contribution in [0, 0.1) is 0 Å². The van der Waals surface area contributed by atoms with Gasteiger partial charge in [0.25, 0.3) is 0 Å². The molecular weight excluding hydrogens is 128 g/mol. The Kier molecular flexibility index (Phi) is 1.90. The normalized spacial score (nSPS) is 17.7. The third kappa shape index (κ3) is 1.47. The first kappa shape index (κ1) is 7.06. The first-order valence-corrected chi connectivity index (χ1v) is 3.28. The fraction of sp³-hybridized carbons (Fsp3) is 0.375. The lowest BCUT2D eigenvalue weighted by Gasteiger charge is -2.06. The van der Waals surface area contributed by atoms with E-state index in [4.69, 9.17) is 5.11 Å². The predicted molar refractivity (Wildman–Crippen MR) is 38.7 cm³/mol. The maximum atomic E-state index is 10.4. The molecule has 0 aromatic carbocycles. The number of hydrogen-bond donors (Lipinski definition) is 1. The molecule has 0 unspecified atom stereocenters. The van der Waals surface area contributed by atoms with Crippen LogP contribution in [-0.2, 0) is 4.79 Å². The van der Waals surface area contributed by atoms with E-state index >= 15 is 0 Å². The Morgan fingerprint density at radius 2 is 2.30 bits per heavy atom. The third-order valence-corrected chi connectivity index (χ3v) is 1.57. The number of rotatable bonds is 1. The standard InChI is InChI=1S/C8H10O2/c1-6-3-2-4-7(5-6)8(9)10/h3-4H,2,5H2,1H3,(H,9,10). The second-order valence-corrected chi connectivity index (χ2v) is 2.50. The molecule has 0 aromatic heterocycles. The summed E-state index contributed by atoms with van der Waals surface area (Å²) in [5.41, 5.74) is 1.68. The molecule has 0 spiro atoms. The molecule has 54 valence electrons. The molecule has 0 saturated carbocycles. The smallest absolute Gasteiger partial charge is 0.331 e. The summed E-state index contributed by atoms with van der Waals surface area (Å²) in [4.78, 5) is 10.4. The quantitative estimate of drug-likeness (QED) is 0.560. The zero-order valence-corrected chi connectivity index (χ0v) is 5.92. The molecule has 0 bridgehead atoms.